The molecule has 1 spiro atoms. The highest BCUT2D eigenvalue weighted by atomic mass is 32.2. The van der Waals surface area contributed by atoms with Crippen LogP contribution in [0.3, 0.4) is 0 Å². The van der Waals surface area contributed by atoms with Crippen molar-refractivity contribution in [2.45, 2.75) is 64.5 Å². The van der Waals surface area contributed by atoms with E-state index in [1.54, 1.807) is 17.3 Å². The molecule has 3 heterocycles. The minimum Gasteiger partial charge on any atom is -0.309 e. The molecule has 0 saturated carbocycles. The number of imide groups is 1. The summed E-state index contributed by atoms with van der Waals surface area (Å²) >= 11 is 1.86. The molecule has 0 aromatic carbocycles. The van der Waals surface area contributed by atoms with E-state index < -0.39 is 5.54 Å². The number of amides is 3. The fourth-order valence-corrected chi connectivity index (χ4v) is 5.53. The maximum atomic E-state index is 13.6. The molecule has 3 rings (SSSR count). The van der Waals surface area contributed by atoms with Crippen LogP contribution in [-0.2, 0) is 11.2 Å². The van der Waals surface area contributed by atoms with E-state index in [4.69, 9.17) is 0 Å². The molecule has 3 amide bonds. The molecule has 6 nitrogen and oxygen atoms in total. The fraction of sp³-hybridized carbons (Fsp3) is 0.708. The summed E-state index contributed by atoms with van der Waals surface area (Å²) in [6.45, 7) is 9.53. The van der Waals surface area contributed by atoms with Crippen molar-refractivity contribution in [3.8, 4) is 0 Å². The number of aromatic nitrogens is 1. The van der Waals surface area contributed by atoms with Crippen molar-refractivity contribution < 1.29 is 9.59 Å². The summed E-state index contributed by atoms with van der Waals surface area (Å²) in [5, 5.41) is 0. The number of hydrogen-bond donors (Lipinski definition) is 0. The Morgan fingerprint density at radius 1 is 1.10 bits per heavy atom. The van der Waals surface area contributed by atoms with E-state index in [2.05, 4.69) is 36.9 Å². The molecule has 2 aliphatic heterocycles. The second-order valence-electron chi connectivity index (χ2n) is 9.40. The lowest BCUT2D eigenvalue weighted by Gasteiger charge is -2.44. The highest BCUT2D eigenvalue weighted by molar-refractivity contribution is 7.98. The van der Waals surface area contributed by atoms with Crippen molar-refractivity contribution in [3.63, 3.8) is 0 Å². The molecule has 2 aliphatic rings. The first-order chi connectivity index (χ1) is 14.9. The first-order valence-electron chi connectivity index (χ1n) is 11.6. The Hall–Kier alpha value is -1.60. The van der Waals surface area contributed by atoms with E-state index in [1.165, 1.54) is 5.56 Å². The highest BCUT2D eigenvalue weighted by Crippen LogP contribution is 2.38. The van der Waals surface area contributed by atoms with Gasteiger partial charge in [-0.15, -0.1) is 0 Å². The predicted molar refractivity (Wildman–Crippen MR) is 127 cm³/mol. The zero-order valence-corrected chi connectivity index (χ0v) is 20.4. The molecule has 172 valence electrons. The number of hydrogen-bond acceptors (Lipinski definition) is 5. The second kappa shape index (κ2) is 10.8. The molecular formula is C24H38N4O2S. The van der Waals surface area contributed by atoms with Crippen LogP contribution in [0.5, 0.6) is 0 Å². The third-order valence-corrected chi connectivity index (χ3v) is 7.62. The first kappa shape index (κ1) is 24.1. The number of carbonyl (C=O) groups excluding carboxylic acids is 2. The van der Waals surface area contributed by atoms with Gasteiger partial charge in [-0.1, -0.05) is 13.8 Å². The van der Waals surface area contributed by atoms with Crippen molar-refractivity contribution in [2.24, 2.45) is 5.92 Å². The lowest BCUT2D eigenvalue weighted by Crippen LogP contribution is -2.58. The summed E-state index contributed by atoms with van der Waals surface area (Å²) in [5.74, 6) is 1.63. The van der Waals surface area contributed by atoms with E-state index in [1.807, 2.05) is 28.8 Å². The maximum absolute atomic E-state index is 13.6. The van der Waals surface area contributed by atoms with Gasteiger partial charge in [0.25, 0.3) is 5.91 Å². The molecule has 0 radical (unpaired) electrons. The molecule has 31 heavy (non-hydrogen) atoms. The molecule has 0 bridgehead atoms. The van der Waals surface area contributed by atoms with E-state index in [-0.39, 0.29) is 11.9 Å². The van der Waals surface area contributed by atoms with Gasteiger partial charge in [0.2, 0.25) is 0 Å². The van der Waals surface area contributed by atoms with Gasteiger partial charge in [-0.2, -0.15) is 11.8 Å². The maximum Gasteiger partial charge on any atom is 0.327 e. The Labute approximate surface area is 191 Å². The molecule has 0 aliphatic carbocycles. The number of piperidine rings is 1. The SMILES string of the molecule is CSC[C@@H](C)N1CCC2(CC1)C(=O)N(CCCc1ccncc1)C(=O)N2CCC(C)C. The summed E-state index contributed by atoms with van der Waals surface area (Å²) < 4.78 is 0. The van der Waals surface area contributed by atoms with Gasteiger partial charge in [-0.25, -0.2) is 4.79 Å². The molecule has 1 aromatic rings. The Morgan fingerprint density at radius 3 is 2.39 bits per heavy atom. The summed E-state index contributed by atoms with van der Waals surface area (Å²) in [4.78, 5) is 37.0. The number of pyridine rings is 1. The summed E-state index contributed by atoms with van der Waals surface area (Å²) in [6.07, 6.45) is 9.76. The van der Waals surface area contributed by atoms with E-state index >= 15 is 0 Å². The van der Waals surface area contributed by atoms with Crippen molar-refractivity contribution in [1.82, 2.24) is 19.7 Å². The Morgan fingerprint density at radius 2 is 1.77 bits per heavy atom. The molecule has 2 saturated heterocycles. The number of thioether (sulfide) groups is 1. The fourth-order valence-electron chi connectivity index (χ4n) is 4.83. The monoisotopic (exact) mass is 446 g/mol. The zero-order valence-electron chi connectivity index (χ0n) is 19.5. The normalized spacial score (nSPS) is 20.3. The smallest absolute Gasteiger partial charge is 0.309 e. The number of likely N-dealkylation sites (tertiary alicyclic amines) is 1. The number of aryl methyl sites for hydroxylation is 1. The summed E-state index contributed by atoms with van der Waals surface area (Å²) in [6, 6.07) is 4.41. The lowest BCUT2D eigenvalue weighted by atomic mass is 9.85. The molecule has 0 N–H and O–H groups in total. The van der Waals surface area contributed by atoms with Crippen molar-refractivity contribution >= 4 is 23.7 Å². The molecule has 1 atom stereocenters. The zero-order chi connectivity index (χ0) is 22.4. The van der Waals surface area contributed by atoms with Gasteiger partial charge in [-0.3, -0.25) is 19.6 Å². The molecular weight excluding hydrogens is 408 g/mol. The van der Waals surface area contributed by atoms with Gasteiger partial charge < -0.3 is 4.90 Å². The van der Waals surface area contributed by atoms with Gasteiger partial charge in [-0.05, 0) is 68.9 Å². The van der Waals surface area contributed by atoms with Crippen LogP contribution in [0.4, 0.5) is 4.79 Å². The molecule has 0 unspecified atom stereocenters. The Kier molecular flexibility index (Phi) is 8.39. The van der Waals surface area contributed by atoms with Crippen LogP contribution in [0.1, 0.15) is 52.0 Å². The van der Waals surface area contributed by atoms with Gasteiger partial charge >= 0.3 is 6.03 Å². The van der Waals surface area contributed by atoms with Crippen LogP contribution in [0.15, 0.2) is 24.5 Å². The largest absolute Gasteiger partial charge is 0.327 e. The molecule has 7 heteroatoms. The number of rotatable bonds is 10. The molecule has 2 fully saturated rings. The first-order valence-corrected chi connectivity index (χ1v) is 13.0. The minimum atomic E-state index is -0.641. The van der Waals surface area contributed by atoms with Gasteiger partial charge in [0.1, 0.15) is 5.54 Å². The Bertz CT molecular complexity index is 734. The van der Waals surface area contributed by atoms with Crippen molar-refractivity contribution in [3.05, 3.63) is 30.1 Å². The number of nitrogens with zero attached hydrogens (tertiary/aromatic N) is 4. The van der Waals surface area contributed by atoms with Crippen LogP contribution in [0, 0.1) is 5.92 Å². The van der Waals surface area contributed by atoms with Gasteiger partial charge in [0.15, 0.2) is 0 Å². The topological polar surface area (TPSA) is 56.8 Å². The average Bonchev–Trinajstić information content (AvgIpc) is 2.94. The molecule has 1 aromatic heterocycles. The van der Waals surface area contributed by atoms with Gasteiger partial charge in [0, 0.05) is 50.4 Å². The van der Waals surface area contributed by atoms with Crippen LogP contribution in [0.2, 0.25) is 0 Å². The number of urea groups is 1. The van der Waals surface area contributed by atoms with E-state index in [0.717, 1.165) is 50.9 Å². The van der Waals surface area contributed by atoms with Crippen LogP contribution < -0.4 is 0 Å². The van der Waals surface area contributed by atoms with Crippen molar-refractivity contribution in [2.75, 3.05) is 38.2 Å². The highest BCUT2D eigenvalue weighted by Gasteiger charge is 2.57. The number of carbonyl (C=O) groups is 2. The van der Waals surface area contributed by atoms with Crippen LogP contribution in [-0.4, -0.2) is 81.4 Å². The van der Waals surface area contributed by atoms with E-state index in [9.17, 15) is 9.59 Å². The quantitative estimate of drug-likeness (QED) is 0.510. The standard InChI is InChI=1S/C24H38N4O2S/c1-19(2)9-15-28-23(30)27(14-5-6-21-7-12-25-13-8-21)22(29)24(28)10-16-26(17-11-24)20(3)18-31-4/h7-8,12-13,19-20H,5-6,9-11,14-18H2,1-4H3/t20-/m1/s1. The van der Waals surface area contributed by atoms with Crippen molar-refractivity contribution in [1.29, 1.82) is 0 Å². The third-order valence-electron chi connectivity index (χ3n) is 6.80. The third kappa shape index (κ3) is 5.43. The summed E-state index contributed by atoms with van der Waals surface area (Å²) in [7, 11) is 0. The van der Waals surface area contributed by atoms with Crippen LogP contribution >= 0.6 is 11.8 Å². The van der Waals surface area contributed by atoms with E-state index in [0.29, 0.717) is 25.0 Å². The Balaban J connectivity index is 1.70. The van der Waals surface area contributed by atoms with Gasteiger partial charge in [0.05, 0.1) is 0 Å². The van der Waals surface area contributed by atoms with Crippen LogP contribution in [0.25, 0.3) is 0 Å². The predicted octanol–water partition coefficient (Wildman–Crippen LogP) is 3.91. The minimum absolute atomic E-state index is 0.0353. The summed E-state index contributed by atoms with van der Waals surface area (Å²) in [5.41, 5.74) is 0.551. The average molecular weight is 447 g/mol. The lowest BCUT2D eigenvalue weighted by molar-refractivity contribution is -0.136. The second-order valence-corrected chi connectivity index (χ2v) is 10.3.